The van der Waals surface area contributed by atoms with Crippen LogP contribution in [0.2, 0.25) is 0 Å². The van der Waals surface area contributed by atoms with Crippen LogP contribution in [0.5, 0.6) is 0 Å². The van der Waals surface area contributed by atoms with Crippen molar-refractivity contribution in [3.05, 3.63) is 41.6 Å². The van der Waals surface area contributed by atoms with Gasteiger partial charge in [0.25, 0.3) is 10.0 Å². The van der Waals surface area contributed by atoms with Crippen molar-refractivity contribution in [2.45, 2.75) is 31.8 Å². The van der Waals surface area contributed by atoms with Crippen LogP contribution in [0.4, 0.5) is 0 Å². The number of hydrogen-bond donors (Lipinski definition) is 2. The third-order valence-electron chi connectivity index (χ3n) is 2.67. The Hall–Kier alpha value is -1.73. The van der Waals surface area contributed by atoms with E-state index in [1.165, 1.54) is 6.20 Å². The second-order valence-electron chi connectivity index (χ2n) is 4.18. The first-order valence-electron chi connectivity index (χ1n) is 5.96. The Kier molecular flexibility index (Phi) is 3.96. The smallest absolute Gasteiger partial charge is 0.257 e. The highest BCUT2D eigenvalue weighted by Crippen LogP contribution is 2.07. The Morgan fingerprint density at radius 3 is 2.63 bits per heavy atom. The van der Waals surface area contributed by atoms with Gasteiger partial charge in [-0.1, -0.05) is 13.0 Å². The van der Waals surface area contributed by atoms with Gasteiger partial charge in [0, 0.05) is 24.9 Å². The molecule has 102 valence electrons. The van der Waals surface area contributed by atoms with Crippen molar-refractivity contribution < 1.29 is 8.42 Å². The number of hydrogen-bond acceptors (Lipinski definition) is 4. The number of aromatic amines is 1. The maximum atomic E-state index is 12.0. The van der Waals surface area contributed by atoms with E-state index in [1.807, 2.05) is 26.0 Å². The minimum Gasteiger partial charge on any atom is -0.332 e. The average molecular weight is 280 g/mol. The summed E-state index contributed by atoms with van der Waals surface area (Å²) in [6.45, 7) is 3.99. The van der Waals surface area contributed by atoms with Crippen LogP contribution in [-0.4, -0.2) is 23.4 Å². The van der Waals surface area contributed by atoms with E-state index in [2.05, 4.69) is 19.7 Å². The molecule has 2 rings (SSSR count). The number of aromatic nitrogens is 3. The summed E-state index contributed by atoms with van der Waals surface area (Å²) in [5.41, 5.74) is 1.71. The summed E-state index contributed by atoms with van der Waals surface area (Å²) in [6, 6.07) is 3.68. The highest BCUT2D eigenvalue weighted by molar-refractivity contribution is 7.89. The van der Waals surface area contributed by atoms with Crippen molar-refractivity contribution in [3.8, 4) is 0 Å². The van der Waals surface area contributed by atoms with Gasteiger partial charge in [0.1, 0.15) is 5.82 Å². The molecular formula is C12H16N4O2S. The molecule has 0 radical (unpaired) electrons. The van der Waals surface area contributed by atoms with Gasteiger partial charge in [-0.25, -0.2) is 18.1 Å². The molecule has 0 aliphatic heterocycles. The molecule has 0 atom stereocenters. The molecule has 2 aromatic heterocycles. The summed E-state index contributed by atoms with van der Waals surface area (Å²) in [7, 11) is -3.55. The van der Waals surface area contributed by atoms with Gasteiger partial charge >= 0.3 is 0 Å². The first-order chi connectivity index (χ1) is 9.01. The van der Waals surface area contributed by atoms with Crippen molar-refractivity contribution in [1.29, 1.82) is 0 Å². The Bertz CT molecular complexity index is 647. The third-order valence-corrected chi connectivity index (χ3v) is 3.98. The summed E-state index contributed by atoms with van der Waals surface area (Å²) in [6.07, 6.45) is 3.65. The number of rotatable bonds is 5. The van der Waals surface area contributed by atoms with E-state index in [-0.39, 0.29) is 11.6 Å². The molecule has 7 heteroatoms. The van der Waals surface area contributed by atoms with Gasteiger partial charge in [0.2, 0.25) is 0 Å². The lowest BCUT2D eigenvalue weighted by atomic mass is 10.2. The molecule has 0 aliphatic rings. The van der Waals surface area contributed by atoms with Crippen molar-refractivity contribution in [2.24, 2.45) is 0 Å². The summed E-state index contributed by atoms with van der Waals surface area (Å²) in [5.74, 6) is 0.650. The fourth-order valence-electron chi connectivity index (χ4n) is 1.52. The largest absolute Gasteiger partial charge is 0.332 e. The van der Waals surface area contributed by atoms with E-state index >= 15 is 0 Å². The van der Waals surface area contributed by atoms with Crippen LogP contribution in [0.3, 0.4) is 0 Å². The maximum absolute atomic E-state index is 12.0. The quantitative estimate of drug-likeness (QED) is 0.860. The summed E-state index contributed by atoms with van der Waals surface area (Å²) >= 11 is 0. The Labute approximate surface area is 112 Å². The second kappa shape index (κ2) is 5.50. The minimum absolute atomic E-state index is 0.0874. The van der Waals surface area contributed by atoms with E-state index in [0.29, 0.717) is 12.2 Å². The van der Waals surface area contributed by atoms with E-state index in [1.54, 1.807) is 6.20 Å². The van der Waals surface area contributed by atoms with E-state index in [4.69, 9.17) is 0 Å². The predicted octanol–water partition coefficient (Wildman–Crippen LogP) is 1.15. The highest BCUT2D eigenvalue weighted by Gasteiger charge is 2.16. The summed E-state index contributed by atoms with van der Waals surface area (Å²) in [5, 5.41) is 0.0874. The van der Waals surface area contributed by atoms with Crippen molar-refractivity contribution >= 4 is 10.0 Å². The molecule has 2 aromatic rings. The van der Waals surface area contributed by atoms with Crippen LogP contribution in [0.1, 0.15) is 24.0 Å². The van der Waals surface area contributed by atoms with E-state index < -0.39 is 10.0 Å². The van der Waals surface area contributed by atoms with Crippen molar-refractivity contribution in [3.63, 3.8) is 0 Å². The van der Waals surface area contributed by atoms with Crippen LogP contribution in [0.15, 0.2) is 29.6 Å². The SMILES string of the molecule is CCc1ncc(S(=O)(=O)NCc2ccc(C)nc2)[nH]1. The van der Waals surface area contributed by atoms with Crippen LogP contribution < -0.4 is 4.72 Å². The van der Waals surface area contributed by atoms with Gasteiger partial charge in [-0.3, -0.25) is 4.98 Å². The van der Waals surface area contributed by atoms with Gasteiger partial charge in [-0.05, 0) is 18.6 Å². The summed E-state index contributed by atoms with van der Waals surface area (Å²) in [4.78, 5) is 10.9. The average Bonchev–Trinajstić information content (AvgIpc) is 2.88. The normalized spacial score (nSPS) is 11.7. The molecule has 2 heterocycles. The van der Waals surface area contributed by atoms with Gasteiger partial charge < -0.3 is 4.98 Å². The lowest BCUT2D eigenvalue weighted by Gasteiger charge is -2.04. The number of sulfonamides is 1. The lowest BCUT2D eigenvalue weighted by Crippen LogP contribution is -2.23. The molecule has 0 amide bonds. The van der Waals surface area contributed by atoms with E-state index in [9.17, 15) is 8.42 Å². The molecule has 0 unspecified atom stereocenters. The van der Waals surface area contributed by atoms with E-state index in [0.717, 1.165) is 11.3 Å². The molecular weight excluding hydrogens is 264 g/mol. The number of pyridine rings is 1. The number of nitrogens with zero attached hydrogens (tertiary/aromatic N) is 2. The molecule has 0 saturated heterocycles. The fourth-order valence-corrected chi connectivity index (χ4v) is 2.47. The van der Waals surface area contributed by atoms with Crippen molar-refractivity contribution in [2.75, 3.05) is 0 Å². The fraction of sp³-hybridized carbons (Fsp3) is 0.333. The second-order valence-corrected chi connectivity index (χ2v) is 5.92. The first kappa shape index (κ1) is 13.7. The molecule has 0 aromatic carbocycles. The maximum Gasteiger partial charge on any atom is 0.257 e. The molecule has 2 N–H and O–H groups in total. The van der Waals surface area contributed by atoms with Crippen LogP contribution in [-0.2, 0) is 23.0 Å². The Morgan fingerprint density at radius 1 is 1.26 bits per heavy atom. The summed E-state index contributed by atoms with van der Waals surface area (Å²) < 4.78 is 26.5. The van der Waals surface area contributed by atoms with Crippen LogP contribution in [0, 0.1) is 6.92 Å². The zero-order chi connectivity index (χ0) is 13.9. The van der Waals surface area contributed by atoms with Gasteiger partial charge in [-0.2, -0.15) is 0 Å². The number of imidazole rings is 1. The molecule has 0 spiro atoms. The van der Waals surface area contributed by atoms with Crippen LogP contribution >= 0.6 is 0 Å². The number of aryl methyl sites for hydroxylation is 2. The molecule has 19 heavy (non-hydrogen) atoms. The Morgan fingerprint density at radius 2 is 2.05 bits per heavy atom. The lowest BCUT2D eigenvalue weighted by molar-refractivity contribution is 0.577. The number of nitrogens with one attached hydrogen (secondary N) is 2. The highest BCUT2D eigenvalue weighted by atomic mass is 32.2. The molecule has 0 fully saturated rings. The third kappa shape index (κ3) is 3.39. The zero-order valence-electron chi connectivity index (χ0n) is 10.8. The first-order valence-corrected chi connectivity index (χ1v) is 7.44. The number of H-pyrrole nitrogens is 1. The van der Waals surface area contributed by atoms with Gasteiger partial charge in [0.05, 0.1) is 6.20 Å². The van der Waals surface area contributed by atoms with Gasteiger partial charge in [-0.15, -0.1) is 0 Å². The Balaban J connectivity index is 2.07. The van der Waals surface area contributed by atoms with Gasteiger partial charge in [0.15, 0.2) is 5.03 Å². The monoisotopic (exact) mass is 280 g/mol. The zero-order valence-corrected chi connectivity index (χ0v) is 11.7. The van der Waals surface area contributed by atoms with Crippen molar-refractivity contribution in [1.82, 2.24) is 19.7 Å². The van der Waals surface area contributed by atoms with Crippen LogP contribution in [0.25, 0.3) is 0 Å². The topological polar surface area (TPSA) is 87.7 Å². The molecule has 6 nitrogen and oxygen atoms in total. The molecule has 0 saturated carbocycles. The molecule has 0 bridgehead atoms. The standard InChI is InChI=1S/C12H16N4O2S/c1-3-11-14-8-12(16-11)19(17,18)15-7-10-5-4-9(2)13-6-10/h4-6,8,15H,3,7H2,1-2H3,(H,14,16). The predicted molar refractivity (Wildman–Crippen MR) is 71.0 cm³/mol. The molecule has 0 aliphatic carbocycles. The minimum atomic E-state index is -3.55.